The first-order valence-electron chi connectivity index (χ1n) is 18.5. The van der Waals surface area contributed by atoms with Crippen LogP contribution in [0.25, 0.3) is 0 Å². The highest BCUT2D eigenvalue weighted by Crippen LogP contribution is 2.68. The van der Waals surface area contributed by atoms with Crippen molar-refractivity contribution in [2.75, 3.05) is 13.2 Å². The van der Waals surface area contributed by atoms with Gasteiger partial charge in [0.1, 0.15) is 12.2 Å². The molecule has 11 nitrogen and oxygen atoms in total. The first kappa shape index (κ1) is 38.8. The van der Waals surface area contributed by atoms with Gasteiger partial charge >= 0.3 is 11.9 Å². The lowest BCUT2D eigenvalue weighted by atomic mass is 9.40. The molecule has 3 N–H and O–H groups in total. The maximum atomic E-state index is 15.2. The fraction of sp³-hybridized carbons (Fsp3) is 0.571. The van der Waals surface area contributed by atoms with Gasteiger partial charge in [-0.2, -0.15) is 0 Å². The quantitative estimate of drug-likeness (QED) is 0.240. The molecule has 11 heteroatoms. The third kappa shape index (κ3) is 6.23. The lowest BCUT2D eigenvalue weighted by molar-refractivity contribution is -0.334. The summed E-state index contributed by atoms with van der Waals surface area (Å²) in [4.78, 5) is 54.0. The third-order valence-electron chi connectivity index (χ3n) is 13.5. The van der Waals surface area contributed by atoms with Gasteiger partial charge < -0.3 is 34.5 Å². The highest BCUT2D eigenvalue weighted by Gasteiger charge is 2.75. The number of aliphatic hydroxyl groups is 2. The Balaban J connectivity index is 1.41. The molecule has 11 atom stereocenters. The van der Waals surface area contributed by atoms with Crippen LogP contribution < -0.4 is 5.32 Å². The molecule has 286 valence electrons. The molecule has 0 spiro atoms. The van der Waals surface area contributed by atoms with Crippen molar-refractivity contribution >= 4 is 23.6 Å². The molecular weight excluding hydrogens is 678 g/mol. The van der Waals surface area contributed by atoms with Gasteiger partial charge in [-0.25, -0.2) is 0 Å². The number of aliphatic hydroxyl groups excluding tert-OH is 2. The predicted molar refractivity (Wildman–Crippen MR) is 194 cm³/mol. The van der Waals surface area contributed by atoms with Crippen molar-refractivity contribution < 1.29 is 48.3 Å². The maximum absolute atomic E-state index is 15.2. The second kappa shape index (κ2) is 14.1. The molecule has 2 aromatic carbocycles. The van der Waals surface area contributed by atoms with E-state index in [1.165, 1.54) is 13.8 Å². The van der Waals surface area contributed by atoms with Crippen LogP contribution in [0, 0.1) is 28.1 Å². The van der Waals surface area contributed by atoms with E-state index in [1.54, 1.807) is 31.2 Å². The van der Waals surface area contributed by atoms with E-state index in [0.29, 0.717) is 28.7 Å². The first-order valence-corrected chi connectivity index (χ1v) is 18.5. The summed E-state index contributed by atoms with van der Waals surface area (Å²) in [6, 6.07) is 17.1. The van der Waals surface area contributed by atoms with E-state index >= 15 is 4.79 Å². The fourth-order valence-electron chi connectivity index (χ4n) is 10.3. The Kier molecular flexibility index (Phi) is 10.3. The number of hydrogen-bond acceptors (Lipinski definition) is 10. The van der Waals surface area contributed by atoms with Crippen molar-refractivity contribution in [2.45, 2.75) is 110 Å². The van der Waals surface area contributed by atoms with Crippen molar-refractivity contribution in [2.24, 2.45) is 28.1 Å². The Labute approximate surface area is 311 Å². The van der Waals surface area contributed by atoms with Crippen LogP contribution in [0.5, 0.6) is 0 Å². The molecule has 2 saturated carbocycles. The van der Waals surface area contributed by atoms with Gasteiger partial charge in [-0.1, -0.05) is 76.2 Å². The summed E-state index contributed by atoms with van der Waals surface area (Å²) >= 11 is 0. The van der Waals surface area contributed by atoms with E-state index in [9.17, 15) is 24.6 Å². The Bertz CT molecular complexity index is 1780. The van der Waals surface area contributed by atoms with Gasteiger partial charge in [0.25, 0.3) is 5.91 Å². The number of benzene rings is 2. The molecule has 0 radical (unpaired) electrons. The van der Waals surface area contributed by atoms with Crippen molar-refractivity contribution in [3.63, 3.8) is 0 Å². The number of nitrogens with one attached hydrogen (secondary N) is 1. The number of carbonyl (C=O) groups excluding carboxylic acids is 4. The van der Waals surface area contributed by atoms with E-state index in [0.717, 1.165) is 0 Å². The van der Waals surface area contributed by atoms with Gasteiger partial charge in [-0.3, -0.25) is 19.2 Å². The van der Waals surface area contributed by atoms with Crippen LogP contribution >= 0.6 is 0 Å². The van der Waals surface area contributed by atoms with Crippen molar-refractivity contribution in [3.8, 4) is 0 Å². The number of fused-ring (bicyclic) bond motifs is 5. The molecule has 53 heavy (non-hydrogen) atoms. The summed E-state index contributed by atoms with van der Waals surface area (Å²) in [7, 11) is 0. The average molecular weight is 732 g/mol. The molecule has 3 aliphatic carbocycles. The zero-order chi connectivity index (χ0) is 38.7. The van der Waals surface area contributed by atoms with Crippen LogP contribution in [0.2, 0.25) is 0 Å². The van der Waals surface area contributed by atoms with Crippen molar-refractivity contribution in [3.05, 3.63) is 82.9 Å². The lowest BCUT2D eigenvalue weighted by Crippen LogP contribution is -2.78. The SMILES string of the molecule is CC(=O)OC1C(=O)[C@@]2(C)[C@H]([C@H](C)[C@]3(C)C[C@H](OC[C@H](O)[C@@H](NC(=O)c4ccccc4)c4ccccc4)C(C)=C1C3(C)C)[C@]1(OC(C)=O)CO[C@@H]1C[C@@H]2O. The first-order chi connectivity index (χ1) is 24.9. The number of Topliss-reactive ketones (excluding diaryl/α,β-unsaturated/α-hetero) is 1. The Hall–Kier alpha value is -3.90. The monoisotopic (exact) mass is 731 g/mol. The van der Waals surface area contributed by atoms with E-state index < -0.39 is 82.0 Å². The summed E-state index contributed by atoms with van der Waals surface area (Å²) in [6.45, 7) is 14.3. The molecule has 0 aromatic heterocycles. The standard InChI is InChI=1S/C42H53NO10/c1-23-30(50-21-29(46)34(27-15-11-9-12-16-27)43-38(49)28-17-13-10-14-18-28)20-40(7)24(2)36-41(8,31(47)19-32-42(36,22-51-32)53-26(4)45)37(48)35(52-25(3)44)33(23)39(40,5)6/h9-18,24,29-32,34-36,46-47H,19-22H2,1-8H3,(H,43,49)/t24-,29-,30-,31-,32+,34-,35?,36-,40-,41+,42-/m0/s1. The van der Waals surface area contributed by atoms with Gasteiger partial charge in [0.15, 0.2) is 17.5 Å². The Morgan fingerprint density at radius 1 is 0.981 bits per heavy atom. The van der Waals surface area contributed by atoms with Crippen LogP contribution in [0.3, 0.4) is 0 Å². The molecule has 1 unspecified atom stereocenters. The number of amides is 1. The molecule has 1 amide bonds. The van der Waals surface area contributed by atoms with Crippen molar-refractivity contribution in [1.29, 1.82) is 0 Å². The van der Waals surface area contributed by atoms with Crippen LogP contribution in [0.15, 0.2) is 71.8 Å². The third-order valence-corrected chi connectivity index (χ3v) is 13.5. The molecule has 2 bridgehead atoms. The minimum absolute atomic E-state index is 0.0694. The van der Waals surface area contributed by atoms with Crippen LogP contribution in [0.4, 0.5) is 0 Å². The number of carbonyl (C=O) groups is 4. The van der Waals surface area contributed by atoms with Crippen LogP contribution in [-0.2, 0) is 33.3 Å². The minimum Gasteiger partial charge on any atom is -0.454 e. The Morgan fingerprint density at radius 3 is 2.17 bits per heavy atom. The number of ether oxygens (including phenoxy) is 4. The van der Waals surface area contributed by atoms with Gasteiger partial charge in [0, 0.05) is 31.7 Å². The predicted octanol–water partition coefficient (Wildman–Crippen LogP) is 4.89. The van der Waals surface area contributed by atoms with Crippen molar-refractivity contribution in [1.82, 2.24) is 5.32 Å². The van der Waals surface area contributed by atoms with Gasteiger partial charge in [0.05, 0.1) is 36.9 Å². The number of ketones is 1. The molecule has 1 aliphatic heterocycles. The van der Waals surface area contributed by atoms with E-state index in [1.807, 2.05) is 64.1 Å². The molecule has 2 aromatic rings. The summed E-state index contributed by atoms with van der Waals surface area (Å²) in [5, 5.41) is 26.6. The number of hydrogen-bond donors (Lipinski definition) is 3. The van der Waals surface area contributed by atoms with Crippen LogP contribution in [-0.4, -0.2) is 83.2 Å². The summed E-state index contributed by atoms with van der Waals surface area (Å²) in [5.41, 5.74) is -1.68. The smallest absolute Gasteiger partial charge is 0.303 e. The second-order valence-electron chi connectivity index (χ2n) is 16.5. The van der Waals surface area contributed by atoms with E-state index in [2.05, 4.69) is 12.2 Å². The topological polar surface area (TPSA) is 158 Å². The second-order valence-corrected chi connectivity index (χ2v) is 16.5. The van der Waals surface area contributed by atoms with Gasteiger partial charge in [0.2, 0.25) is 0 Å². The fourth-order valence-corrected chi connectivity index (χ4v) is 10.3. The van der Waals surface area contributed by atoms with Gasteiger partial charge in [-0.15, -0.1) is 0 Å². The molecule has 1 heterocycles. The summed E-state index contributed by atoms with van der Waals surface area (Å²) < 4.78 is 24.7. The summed E-state index contributed by atoms with van der Waals surface area (Å²) in [6.07, 6.45) is -4.43. The van der Waals surface area contributed by atoms with E-state index in [4.69, 9.17) is 18.9 Å². The largest absolute Gasteiger partial charge is 0.454 e. The number of esters is 2. The Morgan fingerprint density at radius 2 is 1.60 bits per heavy atom. The normalized spacial score (nSPS) is 35.6. The molecule has 6 rings (SSSR count). The lowest BCUT2D eigenvalue weighted by Gasteiger charge is -2.68. The molecule has 4 aliphatic rings. The zero-order valence-electron chi connectivity index (χ0n) is 31.9. The number of rotatable bonds is 9. The van der Waals surface area contributed by atoms with Crippen LogP contribution in [0.1, 0.15) is 90.2 Å². The zero-order valence-corrected chi connectivity index (χ0v) is 31.9. The minimum atomic E-state index is -1.47. The molecule has 3 fully saturated rings. The molecule has 1 saturated heterocycles. The van der Waals surface area contributed by atoms with Gasteiger partial charge in [-0.05, 0) is 65.9 Å². The summed E-state index contributed by atoms with van der Waals surface area (Å²) in [5.74, 6) is -3.06. The highest BCUT2D eigenvalue weighted by molar-refractivity contribution is 5.95. The highest BCUT2D eigenvalue weighted by atomic mass is 16.6. The molecular formula is C42H53NO10. The van der Waals surface area contributed by atoms with E-state index in [-0.39, 0.29) is 31.5 Å². The maximum Gasteiger partial charge on any atom is 0.303 e. The average Bonchev–Trinajstić information content (AvgIpc) is 3.11.